The molecule has 0 spiro atoms. The molecule has 200 valence electrons. The molecule has 1 aromatic carbocycles. The quantitative estimate of drug-likeness (QED) is 0.304. The third-order valence-electron chi connectivity index (χ3n) is 5.32. The molecular formula is C29H42N6O2. The number of amides is 1. The van der Waals surface area contributed by atoms with Crippen molar-refractivity contribution in [3.8, 4) is 11.3 Å². The highest BCUT2D eigenvalue weighted by Crippen LogP contribution is 2.23. The Morgan fingerprint density at radius 2 is 1.92 bits per heavy atom. The van der Waals surface area contributed by atoms with Gasteiger partial charge in [0.25, 0.3) is 0 Å². The number of carbonyl (C=O) groups excluding carboxylic acids is 1. The van der Waals surface area contributed by atoms with Crippen LogP contribution in [0, 0.1) is 6.92 Å². The molecule has 1 amide bonds. The number of nitrogens with zero attached hydrogens (tertiary/aromatic N) is 4. The van der Waals surface area contributed by atoms with Gasteiger partial charge in [0.1, 0.15) is 5.60 Å². The molecule has 2 aromatic heterocycles. The highest BCUT2D eigenvalue weighted by Gasteiger charge is 2.16. The number of aryl methyl sites for hydroxylation is 3. The molecule has 0 saturated carbocycles. The van der Waals surface area contributed by atoms with E-state index in [0.29, 0.717) is 12.5 Å². The number of ether oxygens (including phenoxy) is 1. The number of carbonyl (C=O) groups is 1. The van der Waals surface area contributed by atoms with Gasteiger partial charge in [-0.2, -0.15) is 5.10 Å². The Balaban J connectivity index is 0.00000235. The van der Waals surface area contributed by atoms with Gasteiger partial charge >= 0.3 is 6.09 Å². The summed E-state index contributed by atoms with van der Waals surface area (Å²) in [5.41, 5.74) is 4.49. The van der Waals surface area contributed by atoms with Crippen LogP contribution in [0.1, 0.15) is 71.7 Å². The fourth-order valence-electron chi connectivity index (χ4n) is 3.59. The lowest BCUT2D eigenvalue weighted by molar-refractivity contribution is 0.0523. The predicted molar refractivity (Wildman–Crippen MR) is 151 cm³/mol. The van der Waals surface area contributed by atoms with E-state index < -0.39 is 11.7 Å². The van der Waals surface area contributed by atoms with Crippen LogP contribution >= 0.6 is 0 Å². The van der Waals surface area contributed by atoms with Crippen LogP contribution < -0.4 is 10.6 Å². The van der Waals surface area contributed by atoms with Gasteiger partial charge in [0.2, 0.25) is 5.95 Å². The summed E-state index contributed by atoms with van der Waals surface area (Å²) in [6.07, 6.45) is 7.35. The Kier molecular flexibility index (Phi) is 11.3. The smallest absolute Gasteiger partial charge is 0.407 e. The average Bonchev–Trinajstić information content (AvgIpc) is 3.25. The Hall–Kier alpha value is -3.68. The fraction of sp³-hybridized carbons (Fsp3) is 0.448. The molecule has 37 heavy (non-hydrogen) atoms. The van der Waals surface area contributed by atoms with Crippen molar-refractivity contribution in [1.82, 2.24) is 25.1 Å². The Morgan fingerprint density at radius 1 is 1.16 bits per heavy atom. The first kappa shape index (κ1) is 29.5. The van der Waals surface area contributed by atoms with Crippen LogP contribution in [-0.4, -0.2) is 31.4 Å². The molecule has 2 N–H and O–H groups in total. The first-order chi connectivity index (χ1) is 17.7. The minimum absolute atomic E-state index is 0.397. The predicted octanol–water partition coefficient (Wildman–Crippen LogP) is 6.97. The maximum absolute atomic E-state index is 12.0. The van der Waals surface area contributed by atoms with Crippen LogP contribution in [0.3, 0.4) is 0 Å². The van der Waals surface area contributed by atoms with E-state index in [9.17, 15) is 4.79 Å². The van der Waals surface area contributed by atoms with Crippen molar-refractivity contribution in [2.75, 3.05) is 5.32 Å². The SMILES string of the molecule is C/C=C\CCn1nc(Nc2nccc(-c3ccc(CNC(=O)OC(C)(C)C)c(C)c3)n2)cc1CC.CC. The molecule has 0 aliphatic heterocycles. The van der Waals surface area contributed by atoms with Crippen molar-refractivity contribution in [3.63, 3.8) is 0 Å². The summed E-state index contributed by atoms with van der Waals surface area (Å²) in [6.45, 7) is 16.9. The van der Waals surface area contributed by atoms with Crippen LogP contribution in [0.5, 0.6) is 0 Å². The standard InChI is InChI=1S/C27H36N6O2.C2H6/c1-7-9-10-15-33-22(8-2)17-24(32-33)31-25-28-14-13-23(30-25)20-11-12-21(19(3)16-20)18-29-26(34)35-27(4,5)6;1-2/h7,9,11-14,16-17H,8,10,15,18H2,1-6H3,(H,29,34)(H,28,30,31,32);1-2H3/b9-7-;. The Bertz CT molecular complexity index is 1180. The summed E-state index contributed by atoms with van der Waals surface area (Å²) in [7, 11) is 0. The second kappa shape index (κ2) is 14.2. The van der Waals surface area contributed by atoms with Crippen molar-refractivity contribution in [2.24, 2.45) is 0 Å². The largest absolute Gasteiger partial charge is 0.444 e. The Morgan fingerprint density at radius 3 is 2.57 bits per heavy atom. The van der Waals surface area contributed by atoms with Crippen molar-refractivity contribution in [3.05, 3.63) is 65.5 Å². The minimum atomic E-state index is -0.523. The molecule has 0 fully saturated rings. The van der Waals surface area contributed by atoms with E-state index in [1.807, 2.05) is 77.4 Å². The van der Waals surface area contributed by atoms with E-state index in [-0.39, 0.29) is 0 Å². The number of alkyl carbamates (subject to hydrolysis) is 1. The normalized spacial score (nSPS) is 11.1. The fourth-order valence-corrected chi connectivity index (χ4v) is 3.59. The number of hydrogen-bond donors (Lipinski definition) is 2. The van der Waals surface area contributed by atoms with E-state index in [1.165, 1.54) is 5.69 Å². The van der Waals surface area contributed by atoms with Crippen LogP contribution in [0.25, 0.3) is 11.3 Å². The van der Waals surface area contributed by atoms with Gasteiger partial charge in [-0.1, -0.05) is 45.1 Å². The van der Waals surface area contributed by atoms with Crippen LogP contribution in [-0.2, 0) is 24.2 Å². The van der Waals surface area contributed by atoms with Crippen molar-refractivity contribution in [2.45, 2.75) is 86.9 Å². The second-order valence-electron chi connectivity index (χ2n) is 9.34. The number of hydrogen-bond acceptors (Lipinski definition) is 6. The summed E-state index contributed by atoms with van der Waals surface area (Å²) in [4.78, 5) is 21.0. The first-order valence-corrected chi connectivity index (χ1v) is 13.0. The van der Waals surface area contributed by atoms with Crippen molar-refractivity contribution in [1.29, 1.82) is 0 Å². The maximum Gasteiger partial charge on any atom is 0.407 e. The summed E-state index contributed by atoms with van der Waals surface area (Å²) in [6, 6.07) is 9.98. The summed E-state index contributed by atoms with van der Waals surface area (Å²) >= 11 is 0. The molecule has 0 aliphatic rings. The lowest BCUT2D eigenvalue weighted by atomic mass is 10.0. The zero-order chi connectivity index (χ0) is 27.4. The molecule has 8 nitrogen and oxygen atoms in total. The van der Waals surface area contributed by atoms with E-state index >= 15 is 0 Å². The lowest BCUT2D eigenvalue weighted by Crippen LogP contribution is -2.32. The zero-order valence-electron chi connectivity index (χ0n) is 23.6. The second-order valence-corrected chi connectivity index (χ2v) is 9.34. The van der Waals surface area contributed by atoms with Crippen LogP contribution in [0.4, 0.5) is 16.6 Å². The van der Waals surface area contributed by atoms with Crippen LogP contribution in [0.2, 0.25) is 0 Å². The summed E-state index contributed by atoms with van der Waals surface area (Å²) in [5.74, 6) is 1.23. The third kappa shape index (κ3) is 9.37. The first-order valence-electron chi connectivity index (χ1n) is 13.0. The molecule has 0 saturated heterocycles. The van der Waals surface area contributed by atoms with Crippen LogP contribution in [0.15, 0.2) is 48.7 Å². The number of aromatic nitrogens is 4. The van der Waals surface area contributed by atoms with Gasteiger partial charge in [0, 0.05) is 36.6 Å². The minimum Gasteiger partial charge on any atom is -0.444 e. The van der Waals surface area contributed by atoms with Gasteiger partial charge in [-0.25, -0.2) is 14.8 Å². The van der Waals surface area contributed by atoms with Gasteiger partial charge in [-0.05, 0) is 70.7 Å². The third-order valence-corrected chi connectivity index (χ3v) is 5.32. The molecule has 0 unspecified atom stereocenters. The summed E-state index contributed by atoms with van der Waals surface area (Å²) < 4.78 is 7.34. The van der Waals surface area contributed by atoms with Crippen molar-refractivity contribution >= 4 is 17.9 Å². The maximum atomic E-state index is 12.0. The van der Waals surface area contributed by atoms with Gasteiger partial charge in [0.15, 0.2) is 5.82 Å². The monoisotopic (exact) mass is 506 g/mol. The van der Waals surface area contributed by atoms with Gasteiger partial charge in [0.05, 0.1) is 5.69 Å². The summed E-state index contributed by atoms with van der Waals surface area (Å²) in [5, 5.41) is 10.7. The topological polar surface area (TPSA) is 94.0 Å². The molecule has 2 heterocycles. The van der Waals surface area contributed by atoms with E-state index in [2.05, 4.69) is 45.9 Å². The molecule has 8 heteroatoms. The highest BCUT2D eigenvalue weighted by atomic mass is 16.6. The number of benzene rings is 1. The van der Waals surface area contributed by atoms with E-state index in [4.69, 9.17) is 9.72 Å². The van der Waals surface area contributed by atoms with Gasteiger partial charge in [-0.3, -0.25) is 4.68 Å². The number of anilines is 2. The molecular weight excluding hydrogens is 464 g/mol. The van der Waals surface area contributed by atoms with Gasteiger partial charge in [-0.15, -0.1) is 0 Å². The molecule has 0 atom stereocenters. The number of allylic oxidation sites excluding steroid dienone is 2. The molecule has 0 radical (unpaired) electrons. The number of rotatable bonds is 9. The van der Waals surface area contributed by atoms with E-state index in [1.54, 1.807) is 6.20 Å². The molecule has 0 aliphatic carbocycles. The molecule has 3 aromatic rings. The Labute approximate surface area is 221 Å². The van der Waals surface area contributed by atoms with Crippen molar-refractivity contribution < 1.29 is 9.53 Å². The van der Waals surface area contributed by atoms with E-state index in [0.717, 1.165) is 47.6 Å². The van der Waals surface area contributed by atoms with Gasteiger partial charge < -0.3 is 15.4 Å². The average molecular weight is 507 g/mol. The number of nitrogens with one attached hydrogen (secondary N) is 2. The lowest BCUT2D eigenvalue weighted by Gasteiger charge is -2.20. The molecule has 3 rings (SSSR count). The molecule has 0 bridgehead atoms. The zero-order valence-corrected chi connectivity index (χ0v) is 23.6. The highest BCUT2D eigenvalue weighted by molar-refractivity contribution is 5.68.